The minimum Gasteiger partial charge on any atom is -0.490 e. The fourth-order valence-corrected chi connectivity index (χ4v) is 4.13. The van der Waals surface area contributed by atoms with Crippen molar-refractivity contribution in [3.05, 3.63) is 97.2 Å². The van der Waals surface area contributed by atoms with Crippen LogP contribution in [-0.4, -0.2) is 18.5 Å². The first-order valence-electron chi connectivity index (χ1n) is 9.95. The Balaban J connectivity index is 1.61. The van der Waals surface area contributed by atoms with Gasteiger partial charge in [0.2, 0.25) is 5.90 Å². The summed E-state index contributed by atoms with van der Waals surface area (Å²) in [7, 11) is 0. The molecule has 1 heterocycles. The monoisotopic (exact) mass is 603 g/mol. The summed E-state index contributed by atoms with van der Waals surface area (Å²) in [4.78, 5) is 16.8. The summed E-state index contributed by atoms with van der Waals surface area (Å²) in [5, 5.41) is 0. The highest BCUT2D eigenvalue weighted by Gasteiger charge is 2.24. The van der Waals surface area contributed by atoms with Gasteiger partial charge < -0.3 is 14.2 Å². The molecule has 162 valence electrons. The Morgan fingerprint density at radius 1 is 1.06 bits per heavy atom. The predicted octanol–water partition coefficient (Wildman–Crippen LogP) is 6.38. The van der Waals surface area contributed by atoms with Crippen molar-refractivity contribution in [1.29, 1.82) is 0 Å². The van der Waals surface area contributed by atoms with Gasteiger partial charge in [-0.2, -0.15) is 0 Å². The SMILES string of the molecule is CCOc1cc(/C=C2\N=C(c3ccc(Br)cc3)OC2=O)cc(I)c1OCc1ccccc1. The average Bonchev–Trinajstić information content (AvgIpc) is 3.14. The minimum absolute atomic E-state index is 0.235. The molecule has 0 saturated carbocycles. The van der Waals surface area contributed by atoms with E-state index in [4.69, 9.17) is 14.2 Å². The lowest BCUT2D eigenvalue weighted by Gasteiger charge is -2.15. The largest absolute Gasteiger partial charge is 0.490 e. The van der Waals surface area contributed by atoms with Gasteiger partial charge in [0.1, 0.15) is 6.61 Å². The van der Waals surface area contributed by atoms with Gasteiger partial charge in [0.15, 0.2) is 17.2 Å². The molecule has 1 aliphatic rings. The molecule has 3 aromatic rings. The van der Waals surface area contributed by atoms with Gasteiger partial charge >= 0.3 is 5.97 Å². The van der Waals surface area contributed by atoms with Crippen LogP contribution in [0.1, 0.15) is 23.6 Å². The van der Waals surface area contributed by atoms with Crippen LogP contribution in [0, 0.1) is 3.57 Å². The molecular formula is C25H19BrINO4. The molecular weight excluding hydrogens is 585 g/mol. The van der Waals surface area contributed by atoms with Gasteiger partial charge in [0, 0.05) is 10.0 Å². The number of ether oxygens (including phenoxy) is 3. The Morgan fingerprint density at radius 3 is 2.53 bits per heavy atom. The summed E-state index contributed by atoms with van der Waals surface area (Å²) in [5.74, 6) is 1.09. The molecule has 1 aliphatic heterocycles. The van der Waals surface area contributed by atoms with Crippen LogP contribution in [0.5, 0.6) is 11.5 Å². The van der Waals surface area contributed by atoms with Crippen molar-refractivity contribution >= 4 is 56.5 Å². The Bertz CT molecular complexity index is 1190. The van der Waals surface area contributed by atoms with Crippen molar-refractivity contribution in [2.45, 2.75) is 13.5 Å². The van der Waals surface area contributed by atoms with Crippen LogP contribution in [0.2, 0.25) is 0 Å². The predicted molar refractivity (Wildman–Crippen MR) is 136 cm³/mol. The lowest BCUT2D eigenvalue weighted by atomic mass is 10.1. The van der Waals surface area contributed by atoms with E-state index in [1.54, 1.807) is 6.08 Å². The summed E-state index contributed by atoms with van der Waals surface area (Å²) in [6.07, 6.45) is 1.69. The molecule has 4 rings (SSSR count). The molecule has 0 unspecified atom stereocenters. The average molecular weight is 604 g/mol. The minimum atomic E-state index is -0.486. The van der Waals surface area contributed by atoms with Gasteiger partial charge in [-0.25, -0.2) is 9.79 Å². The van der Waals surface area contributed by atoms with E-state index in [1.807, 2.05) is 73.7 Å². The van der Waals surface area contributed by atoms with Crippen molar-refractivity contribution in [3.8, 4) is 11.5 Å². The molecule has 3 aromatic carbocycles. The number of hydrogen-bond acceptors (Lipinski definition) is 5. The van der Waals surface area contributed by atoms with Crippen LogP contribution in [0.25, 0.3) is 6.08 Å². The van der Waals surface area contributed by atoms with E-state index in [0.717, 1.165) is 24.7 Å². The van der Waals surface area contributed by atoms with E-state index < -0.39 is 5.97 Å². The third-order valence-electron chi connectivity index (χ3n) is 4.57. The van der Waals surface area contributed by atoms with Gasteiger partial charge in [-0.05, 0) is 83.1 Å². The van der Waals surface area contributed by atoms with E-state index in [1.165, 1.54) is 0 Å². The summed E-state index contributed by atoms with van der Waals surface area (Å²) < 4.78 is 19.1. The fourth-order valence-electron chi connectivity index (χ4n) is 3.09. The first-order chi connectivity index (χ1) is 15.5. The number of rotatable bonds is 7. The molecule has 0 saturated heterocycles. The molecule has 0 aliphatic carbocycles. The molecule has 0 aromatic heterocycles. The van der Waals surface area contributed by atoms with Crippen LogP contribution in [0.15, 0.2) is 81.9 Å². The zero-order valence-corrected chi connectivity index (χ0v) is 20.9. The number of nitrogens with zero attached hydrogens (tertiary/aromatic N) is 1. The van der Waals surface area contributed by atoms with E-state index in [9.17, 15) is 4.79 Å². The Kier molecular flexibility index (Phi) is 7.26. The van der Waals surface area contributed by atoms with Crippen LogP contribution < -0.4 is 9.47 Å². The summed E-state index contributed by atoms with van der Waals surface area (Å²) in [5.41, 5.74) is 2.82. The highest BCUT2D eigenvalue weighted by Crippen LogP contribution is 2.36. The Hall–Kier alpha value is -2.65. The molecule has 0 spiro atoms. The highest BCUT2D eigenvalue weighted by atomic mass is 127. The number of carbonyl (C=O) groups is 1. The lowest BCUT2D eigenvalue weighted by molar-refractivity contribution is -0.129. The Labute approximate surface area is 208 Å². The molecule has 0 bridgehead atoms. The normalized spacial score (nSPS) is 14.3. The smallest absolute Gasteiger partial charge is 0.363 e. The van der Waals surface area contributed by atoms with E-state index in [-0.39, 0.29) is 11.6 Å². The van der Waals surface area contributed by atoms with Crippen molar-refractivity contribution in [3.63, 3.8) is 0 Å². The third kappa shape index (κ3) is 5.39. The van der Waals surface area contributed by atoms with Gasteiger partial charge in [0.05, 0.1) is 10.2 Å². The van der Waals surface area contributed by atoms with Crippen LogP contribution in [0.3, 0.4) is 0 Å². The quantitative estimate of drug-likeness (QED) is 0.179. The molecule has 0 radical (unpaired) electrons. The van der Waals surface area contributed by atoms with Crippen molar-refractivity contribution in [2.75, 3.05) is 6.61 Å². The maximum Gasteiger partial charge on any atom is 0.363 e. The van der Waals surface area contributed by atoms with E-state index in [2.05, 4.69) is 43.5 Å². The molecule has 0 atom stereocenters. The standard InChI is InChI=1S/C25H19BrINO4/c1-2-30-22-14-17(12-20(27)23(22)31-15-16-6-4-3-5-7-16)13-21-25(29)32-24(28-21)18-8-10-19(26)11-9-18/h3-14H,2,15H2,1H3/b21-13-. The molecule has 0 N–H and O–H groups in total. The number of benzene rings is 3. The zero-order valence-electron chi connectivity index (χ0n) is 17.2. The molecule has 7 heteroatoms. The van der Waals surface area contributed by atoms with Crippen molar-refractivity contribution in [2.24, 2.45) is 4.99 Å². The molecule has 5 nitrogen and oxygen atoms in total. The third-order valence-corrected chi connectivity index (χ3v) is 5.90. The van der Waals surface area contributed by atoms with E-state index >= 15 is 0 Å². The number of esters is 1. The zero-order chi connectivity index (χ0) is 22.5. The summed E-state index contributed by atoms with van der Waals surface area (Å²) in [6.45, 7) is 2.85. The van der Waals surface area contributed by atoms with Gasteiger partial charge in [-0.15, -0.1) is 0 Å². The number of aliphatic imine (C=N–C) groups is 1. The number of hydrogen-bond donors (Lipinski definition) is 0. The Morgan fingerprint density at radius 2 is 1.81 bits per heavy atom. The first-order valence-corrected chi connectivity index (χ1v) is 11.8. The van der Waals surface area contributed by atoms with Gasteiger partial charge in [-0.3, -0.25) is 0 Å². The van der Waals surface area contributed by atoms with Crippen LogP contribution in [0.4, 0.5) is 0 Å². The number of halogens is 2. The maximum atomic E-state index is 12.4. The second-order valence-electron chi connectivity index (χ2n) is 6.88. The van der Waals surface area contributed by atoms with Gasteiger partial charge in [0.25, 0.3) is 0 Å². The van der Waals surface area contributed by atoms with E-state index in [0.29, 0.717) is 24.7 Å². The van der Waals surface area contributed by atoms with Crippen LogP contribution in [-0.2, 0) is 16.1 Å². The highest BCUT2D eigenvalue weighted by molar-refractivity contribution is 14.1. The summed E-state index contributed by atoms with van der Waals surface area (Å²) >= 11 is 5.61. The number of cyclic esters (lactones) is 1. The van der Waals surface area contributed by atoms with Crippen LogP contribution >= 0.6 is 38.5 Å². The summed E-state index contributed by atoms with van der Waals surface area (Å²) in [6, 6.07) is 21.2. The van der Waals surface area contributed by atoms with Gasteiger partial charge in [-0.1, -0.05) is 46.3 Å². The maximum absolute atomic E-state index is 12.4. The van der Waals surface area contributed by atoms with Crippen molar-refractivity contribution in [1.82, 2.24) is 0 Å². The lowest BCUT2D eigenvalue weighted by Crippen LogP contribution is -2.05. The number of carbonyl (C=O) groups excluding carboxylic acids is 1. The topological polar surface area (TPSA) is 57.1 Å². The second-order valence-corrected chi connectivity index (χ2v) is 8.96. The molecule has 0 amide bonds. The fraction of sp³-hybridized carbons (Fsp3) is 0.120. The molecule has 0 fully saturated rings. The molecule has 32 heavy (non-hydrogen) atoms. The first kappa shape index (κ1) is 22.5. The van der Waals surface area contributed by atoms with Crippen molar-refractivity contribution < 1.29 is 19.0 Å². The second kappa shape index (κ2) is 10.3.